The highest BCUT2D eigenvalue weighted by Crippen LogP contribution is 2.21. The van der Waals surface area contributed by atoms with Crippen molar-refractivity contribution >= 4 is 11.6 Å². The summed E-state index contributed by atoms with van der Waals surface area (Å²) >= 11 is 5.75. The van der Waals surface area contributed by atoms with Crippen LogP contribution < -0.4 is 10.1 Å². The van der Waals surface area contributed by atoms with E-state index < -0.39 is 0 Å². The van der Waals surface area contributed by atoms with Gasteiger partial charge >= 0.3 is 0 Å². The minimum atomic E-state index is 0.538. The monoisotopic (exact) mass is 248 g/mol. The molecule has 0 atom stereocenters. The Morgan fingerprint density at radius 3 is 2.88 bits per heavy atom. The summed E-state index contributed by atoms with van der Waals surface area (Å²) in [7, 11) is 1.91. The van der Waals surface area contributed by atoms with Crippen LogP contribution in [0.2, 0.25) is 5.02 Å². The molecule has 0 aliphatic carbocycles. The molecule has 2 aromatic rings. The van der Waals surface area contributed by atoms with Crippen LogP contribution in [0, 0.1) is 0 Å². The smallest absolute Gasteiger partial charge is 0.219 e. The highest BCUT2D eigenvalue weighted by Gasteiger charge is 1.99. The van der Waals surface area contributed by atoms with Gasteiger partial charge in [0, 0.05) is 18.8 Å². The Morgan fingerprint density at radius 1 is 1.29 bits per heavy atom. The molecule has 0 saturated carbocycles. The van der Waals surface area contributed by atoms with E-state index in [-0.39, 0.29) is 0 Å². The molecule has 0 fully saturated rings. The van der Waals surface area contributed by atoms with Crippen LogP contribution in [-0.4, -0.2) is 12.0 Å². The van der Waals surface area contributed by atoms with Crippen molar-refractivity contribution in [3.8, 4) is 11.6 Å². The molecular formula is C13H13ClN2O. The second-order valence-corrected chi connectivity index (χ2v) is 4.03. The number of nitrogens with one attached hydrogen (secondary N) is 1. The number of pyridine rings is 1. The van der Waals surface area contributed by atoms with Gasteiger partial charge in [-0.2, -0.15) is 0 Å². The lowest BCUT2D eigenvalue weighted by Crippen LogP contribution is -2.04. The van der Waals surface area contributed by atoms with Gasteiger partial charge in [-0.3, -0.25) is 0 Å². The largest absolute Gasteiger partial charge is 0.439 e. The van der Waals surface area contributed by atoms with Crippen LogP contribution in [0.4, 0.5) is 0 Å². The fourth-order valence-electron chi connectivity index (χ4n) is 1.47. The van der Waals surface area contributed by atoms with Crippen molar-refractivity contribution in [2.45, 2.75) is 6.54 Å². The number of halogens is 1. The number of hydrogen-bond donors (Lipinski definition) is 1. The van der Waals surface area contributed by atoms with Gasteiger partial charge < -0.3 is 10.1 Å². The fraction of sp³-hybridized carbons (Fsp3) is 0.154. The highest BCUT2D eigenvalue weighted by atomic mass is 35.5. The molecular weight excluding hydrogens is 236 g/mol. The Hall–Kier alpha value is -1.58. The molecule has 0 spiro atoms. The van der Waals surface area contributed by atoms with Crippen LogP contribution in [0.3, 0.4) is 0 Å². The Bertz CT molecular complexity index is 485. The Labute approximate surface area is 105 Å². The summed E-state index contributed by atoms with van der Waals surface area (Å²) in [6, 6.07) is 11.4. The predicted molar refractivity (Wildman–Crippen MR) is 68.5 cm³/mol. The molecule has 0 saturated heterocycles. The lowest BCUT2D eigenvalue weighted by Gasteiger charge is -2.06. The van der Waals surface area contributed by atoms with Crippen molar-refractivity contribution in [3.05, 3.63) is 53.2 Å². The van der Waals surface area contributed by atoms with E-state index in [1.807, 2.05) is 31.3 Å². The molecule has 0 radical (unpaired) electrons. The Kier molecular flexibility index (Phi) is 3.96. The van der Waals surface area contributed by atoms with Crippen LogP contribution in [0.5, 0.6) is 11.6 Å². The Morgan fingerprint density at radius 2 is 2.18 bits per heavy atom. The van der Waals surface area contributed by atoms with E-state index in [1.165, 1.54) is 5.56 Å². The van der Waals surface area contributed by atoms with Crippen LogP contribution in [0.1, 0.15) is 5.56 Å². The molecule has 0 bridgehead atoms. The van der Waals surface area contributed by atoms with Gasteiger partial charge in [0.1, 0.15) is 5.75 Å². The quantitative estimate of drug-likeness (QED) is 0.902. The number of aromatic nitrogens is 1. The van der Waals surface area contributed by atoms with Gasteiger partial charge in [-0.1, -0.05) is 23.7 Å². The number of benzene rings is 1. The second-order valence-electron chi connectivity index (χ2n) is 3.59. The minimum Gasteiger partial charge on any atom is -0.439 e. The van der Waals surface area contributed by atoms with E-state index in [2.05, 4.69) is 10.3 Å². The average Bonchev–Trinajstić information content (AvgIpc) is 2.33. The summed E-state index contributed by atoms with van der Waals surface area (Å²) in [6.07, 6.45) is 1.56. The molecule has 1 N–H and O–H groups in total. The molecule has 0 aliphatic rings. The van der Waals surface area contributed by atoms with Gasteiger partial charge in [0.15, 0.2) is 0 Å². The van der Waals surface area contributed by atoms with Gasteiger partial charge in [-0.15, -0.1) is 0 Å². The first-order valence-corrected chi connectivity index (χ1v) is 5.68. The zero-order valence-electron chi connectivity index (χ0n) is 9.48. The maximum atomic E-state index is 5.75. The third-order valence-corrected chi connectivity index (χ3v) is 2.43. The summed E-state index contributed by atoms with van der Waals surface area (Å²) in [5.41, 5.74) is 1.17. The average molecular weight is 249 g/mol. The molecule has 0 aliphatic heterocycles. The molecule has 0 amide bonds. The summed E-state index contributed by atoms with van der Waals surface area (Å²) in [4.78, 5) is 4.08. The van der Waals surface area contributed by atoms with Gasteiger partial charge in [0.2, 0.25) is 5.88 Å². The van der Waals surface area contributed by atoms with Crippen LogP contribution >= 0.6 is 11.6 Å². The van der Waals surface area contributed by atoms with Gasteiger partial charge in [0.25, 0.3) is 0 Å². The molecule has 0 unspecified atom stereocenters. The van der Waals surface area contributed by atoms with Crippen molar-refractivity contribution in [2.24, 2.45) is 0 Å². The maximum Gasteiger partial charge on any atom is 0.219 e. The van der Waals surface area contributed by atoms with E-state index >= 15 is 0 Å². The lowest BCUT2D eigenvalue weighted by atomic mass is 10.2. The summed E-state index contributed by atoms with van der Waals surface area (Å²) in [5, 5.41) is 3.69. The van der Waals surface area contributed by atoms with Gasteiger partial charge in [-0.25, -0.2) is 4.98 Å². The first-order chi connectivity index (χ1) is 8.28. The molecule has 17 heavy (non-hydrogen) atoms. The normalized spacial score (nSPS) is 10.2. The predicted octanol–water partition coefficient (Wildman–Crippen LogP) is 3.25. The lowest BCUT2D eigenvalue weighted by molar-refractivity contribution is 0.462. The van der Waals surface area contributed by atoms with Gasteiger partial charge in [-0.05, 0) is 30.8 Å². The summed E-state index contributed by atoms with van der Waals surface area (Å²) in [6.45, 7) is 0.811. The zero-order valence-corrected chi connectivity index (χ0v) is 10.2. The molecule has 4 heteroatoms. The zero-order chi connectivity index (χ0) is 12.1. The van der Waals surface area contributed by atoms with Crippen LogP contribution in [0.15, 0.2) is 42.6 Å². The van der Waals surface area contributed by atoms with E-state index in [0.29, 0.717) is 10.9 Å². The van der Waals surface area contributed by atoms with Crippen molar-refractivity contribution < 1.29 is 4.74 Å². The van der Waals surface area contributed by atoms with Crippen LogP contribution in [0.25, 0.3) is 0 Å². The number of ether oxygens (including phenoxy) is 1. The van der Waals surface area contributed by atoms with Crippen molar-refractivity contribution in [1.82, 2.24) is 10.3 Å². The van der Waals surface area contributed by atoms with Crippen molar-refractivity contribution in [3.63, 3.8) is 0 Å². The van der Waals surface area contributed by atoms with Crippen molar-refractivity contribution in [2.75, 3.05) is 7.05 Å². The topological polar surface area (TPSA) is 34.1 Å². The van der Waals surface area contributed by atoms with Crippen LogP contribution in [-0.2, 0) is 6.54 Å². The fourth-order valence-corrected chi connectivity index (χ4v) is 1.58. The van der Waals surface area contributed by atoms with E-state index in [9.17, 15) is 0 Å². The maximum absolute atomic E-state index is 5.75. The third kappa shape index (κ3) is 3.44. The standard InChI is InChI=1S/C13H13ClN2O/c1-15-8-10-3-2-4-12(7-10)17-13-6-5-11(14)9-16-13/h2-7,9,15H,8H2,1H3. The summed E-state index contributed by atoms with van der Waals surface area (Å²) in [5.74, 6) is 1.31. The first kappa shape index (κ1) is 11.9. The van der Waals surface area contributed by atoms with E-state index in [4.69, 9.17) is 16.3 Å². The molecule has 1 heterocycles. The molecule has 88 valence electrons. The first-order valence-electron chi connectivity index (χ1n) is 5.31. The second kappa shape index (κ2) is 5.66. The van der Waals surface area contributed by atoms with E-state index in [1.54, 1.807) is 18.3 Å². The molecule has 1 aromatic heterocycles. The van der Waals surface area contributed by atoms with E-state index in [0.717, 1.165) is 12.3 Å². The highest BCUT2D eigenvalue weighted by molar-refractivity contribution is 6.30. The summed E-state index contributed by atoms with van der Waals surface area (Å²) < 4.78 is 5.62. The van der Waals surface area contributed by atoms with Gasteiger partial charge in [0.05, 0.1) is 5.02 Å². The SMILES string of the molecule is CNCc1cccc(Oc2ccc(Cl)cn2)c1. The Balaban J connectivity index is 2.12. The number of hydrogen-bond acceptors (Lipinski definition) is 3. The molecule has 2 rings (SSSR count). The van der Waals surface area contributed by atoms with Crippen molar-refractivity contribution in [1.29, 1.82) is 0 Å². The molecule has 3 nitrogen and oxygen atoms in total. The third-order valence-electron chi connectivity index (χ3n) is 2.20. The molecule has 1 aromatic carbocycles. The minimum absolute atomic E-state index is 0.538. The number of nitrogens with zero attached hydrogens (tertiary/aromatic N) is 1. The number of rotatable bonds is 4.